The van der Waals surface area contributed by atoms with Crippen molar-refractivity contribution in [1.29, 1.82) is 0 Å². The van der Waals surface area contributed by atoms with Gasteiger partial charge in [-0.15, -0.1) is 0 Å². The molecule has 4 aliphatic heterocycles. The number of aliphatic hydroxyl groups is 11. The molecule has 1 aromatic carbocycles. The number of aromatic hydroxyl groups is 2. The van der Waals surface area contributed by atoms with Crippen molar-refractivity contribution < 1.29 is 104 Å². The first-order valence-corrected chi connectivity index (χ1v) is 17.3. The van der Waals surface area contributed by atoms with Gasteiger partial charge in [0.2, 0.25) is 17.8 Å². The minimum absolute atomic E-state index is 0.00275. The second kappa shape index (κ2) is 16.3. The molecule has 19 atom stereocenters. The van der Waals surface area contributed by atoms with Crippen molar-refractivity contribution in [3.05, 3.63) is 29.5 Å². The first-order chi connectivity index (χ1) is 25.5. The predicted octanol–water partition coefficient (Wildman–Crippen LogP) is -5.64. The van der Waals surface area contributed by atoms with Gasteiger partial charge in [0.15, 0.2) is 29.8 Å². The molecule has 21 heteroatoms. The first kappa shape index (κ1) is 40.8. The van der Waals surface area contributed by atoms with E-state index in [1.807, 2.05) is 0 Å². The molecule has 4 heterocycles. The van der Waals surface area contributed by atoms with E-state index in [0.29, 0.717) is 0 Å². The van der Waals surface area contributed by atoms with Crippen molar-refractivity contribution in [2.75, 3.05) is 13.2 Å². The van der Waals surface area contributed by atoms with Crippen LogP contribution in [0.3, 0.4) is 0 Å². The Labute approximate surface area is 306 Å². The van der Waals surface area contributed by atoms with Crippen LogP contribution in [-0.2, 0) is 38.0 Å². The average molecular weight is 779 g/mol. The Balaban J connectivity index is 1.17. The number of benzene rings is 1. The van der Waals surface area contributed by atoms with Crippen LogP contribution in [0.1, 0.15) is 25.3 Å². The number of Topliss-reactive ketones (excluding diaryl/α,β-unsaturated/α-hetero) is 1. The SMILES string of the molecule is CC1OC(OCC2OC(OCC3OC(OC4=C(c5ccc(O)c(O)c5)OC5CC(O)CC(O)C5C4=O)C(O)C(O)C3O)C(O)C(O)C2O)C(O)C(O)C1O. The summed E-state index contributed by atoms with van der Waals surface area (Å²) in [6, 6.07) is 3.40. The molecule has 6 rings (SSSR count). The number of carbonyl (C=O) groups is 1. The Morgan fingerprint density at radius 1 is 0.648 bits per heavy atom. The highest BCUT2D eigenvalue weighted by Crippen LogP contribution is 2.42. The summed E-state index contributed by atoms with van der Waals surface area (Å²) in [4.78, 5) is 13.9. The van der Waals surface area contributed by atoms with E-state index in [0.717, 1.165) is 12.1 Å². The van der Waals surface area contributed by atoms with Gasteiger partial charge in [-0.05, 0) is 25.1 Å². The fourth-order valence-corrected chi connectivity index (χ4v) is 7.08. The van der Waals surface area contributed by atoms with E-state index in [1.54, 1.807) is 0 Å². The molecule has 3 saturated heterocycles. The minimum atomic E-state index is -2.02. The molecular formula is C33H46O21. The normalized spacial score (nSPS) is 45.8. The molecule has 13 N–H and O–H groups in total. The maximum absolute atomic E-state index is 13.9. The van der Waals surface area contributed by atoms with E-state index in [-0.39, 0.29) is 24.2 Å². The molecule has 0 amide bonds. The van der Waals surface area contributed by atoms with Crippen LogP contribution in [0.15, 0.2) is 24.0 Å². The minimum Gasteiger partial charge on any atom is -0.504 e. The van der Waals surface area contributed by atoms with Crippen LogP contribution in [0, 0.1) is 5.92 Å². The quantitative estimate of drug-likeness (QED) is 0.104. The zero-order valence-corrected chi connectivity index (χ0v) is 28.6. The molecule has 0 spiro atoms. The van der Waals surface area contributed by atoms with E-state index in [1.165, 1.54) is 13.0 Å². The van der Waals surface area contributed by atoms with Crippen LogP contribution >= 0.6 is 0 Å². The van der Waals surface area contributed by atoms with Crippen molar-refractivity contribution in [2.45, 2.75) is 130 Å². The summed E-state index contributed by atoms with van der Waals surface area (Å²) in [6.45, 7) is 0.0890. The molecule has 54 heavy (non-hydrogen) atoms. The van der Waals surface area contributed by atoms with Crippen LogP contribution in [-0.4, -0.2) is 196 Å². The third kappa shape index (κ3) is 7.91. The van der Waals surface area contributed by atoms with Crippen LogP contribution in [0.4, 0.5) is 0 Å². The maximum Gasteiger partial charge on any atom is 0.229 e. The molecule has 1 saturated carbocycles. The number of ether oxygens (including phenoxy) is 7. The van der Waals surface area contributed by atoms with E-state index < -0.39 is 153 Å². The van der Waals surface area contributed by atoms with Crippen LogP contribution in [0.2, 0.25) is 0 Å². The molecule has 0 aromatic heterocycles. The van der Waals surface area contributed by atoms with Gasteiger partial charge in [-0.2, -0.15) is 0 Å². The Bertz CT molecular complexity index is 1510. The van der Waals surface area contributed by atoms with Gasteiger partial charge in [0.05, 0.1) is 37.4 Å². The van der Waals surface area contributed by atoms with Gasteiger partial charge in [0, 0.05) is 18.4 Å². The number of phenolic OH excluding ortho intramolecular Hbond substituents is 2. The smallest absolute Gasteiger partial charge is 0.229 e. The highest BCUT2D eigenvalue weighted by Gasteiger charge is 2.52. The number of hydrogen-bond donors (Lipinski definition) is 13. The third-order valence-corrected chi connectivity index (χ3v) is 10.3. The summed E-state index contributed by atoms with van der Waals surface area (Å²) in [5.74, 6) is -4.14. The van der Waals surface area contributed by atoms with E-state index in [4.69, 9.17) is 33.2 Å². The first-order valence-electron chi connectivity index (χ1n) is 17.3. The Kier molecular flexibility index (Phi) is 12.4. The lowest BCUT2D eigenvalue weighted by molar-refractivity contribution is -0.339. The number of allylic oxidation sites excluding steroid dienone is 1. The number of phenols is 2. The third-order valence-electron chi connectivity index (χ3n) is 10.3. The van der Waals surface area contributed by atoms with Gasteiger partial charge < -0.3 is 99.5 Å². The monoisotopic (exact) mass is 778 g/mol. The predicted molar refractivity (Wildman–Crippen MR) is 170 cm³/mol. The van der Waals surface area contributed by atoms with Crippen molar-refractivity contribution in [3.63, 3.8) is 0 Å². The summed E-state index contributed by atoms with van der Waals surface area (Å²) >= 11 is 0. The molecule has 0 radical (unpaired) electrons. The Hall–Kier alpha value is -2.81. The lowest BCUT2D eigenvalue weighted by Gasteiger charge is -2.44. The average Bonchev–Trinajstić information content (AvgIpc) is 3.13. The molecule has 4 fully saturated rings. The van der Waals surface area contributed by atoms with Crippen LogP contribution in [0.5, 0.6) is 11.5 Å². The number of aliphatic hydroxyl groups excluding tert-OH is 11. The largest absolute Gasteiger partial charge is 0.504 e. The van der Waals surface area contributed by atoms with Crippen molar-refractivity contribution >= 4 is 11.5 Å². The summed E-state index contributed by atoms with van der Waals surface area (Å²) in [6.07, 6.45) is -29.0. The molecule has 1 aliphatic carbocycles. The molecular weight excluding hydrogens is 732 g/mol. The van der Waals surface area contributed by atoms with Gasteiger partial charge in [0.25, 0.3) is 0 Å². The fraction of sp³-hybridized carbons (Fsp3) is 0.727. The number of rotatable bonds is 9. The molecule has 1 aromatic rings. The van der Waals surface area contributed by atoms with Gasteiger partial charge in [0.1, 0.15) is 73.2 Å². The fourth-order valence-electron chi connectivity index (χ4n) is 7.08. The molecule has 21 nitrogen and oxygen atoms in total. The summed E-state index contributed by atoms with van der Waals surface area (Å²) in [5, 5.41) is 135. The van der Waals surface area contributed by atoms with Crippen LogP contribution < -0.4 is 0 Å². The summed E-state index contributed by atoms with van der Waals surface area (Å²) in [5.41, 5.74) is 0.00275. The van der Waals surface area contributed by atoms with E-state index in [9.17, 15) is 71.2 Å². The maximum atomic E-state index is 13.9. The molecule has 19 unspecified atom stereocenters. The second-order valence-corrected chi connectivity index (χ2v) is 14.1. The molecule has 304 valence electrons. The lowest BCUT2D eigenvalue weighted by atomic mass is 9.77. The Morgan fingerprint density at radius 3 is 1.78 bits per heavy atom. The Morgan fingerprint density at radius 2 is 1.19 bits per heavy atom. The topological polar surface area (TPSA) is 345 Å². The van der Waals surface area contributed by atoms with Crippen molar-refractivity contribution in [3.8, 4) is 11.5 Å². The van der Waals surface area contributed by atoms with E-state index in [2.05, 4.69) is 0 Å². The van der Waals surface area contributed by atoms with Crippen molar-refractivity contribution in [1.82, 2.24) is 0 Å². The second-order valence-electron chi connectivity index (χ2n) is 14.1. The van der Waals surface area contributed by atoms with Gasteiger partial charge >= 0.3 is 0 Å². The number of fused-ring (bicyclic) bond motifs is 1. The van der Waals surface area contributed by atoms with Crippen molar-refractivity contribution in [2.24, 2.45) is 5.92 Å². The zero-order valence-electron chi connectivity index (χ0n) is 28.6. The van der Waals surface area contributed by atoms with Crippen LogP contribution in [0.25, 0.3) is 5.76 Å². The van der Waals surface area contributed by atoms with Gasteiger partial charge in [-0.25, -0.2) is 0 Å². The summed E-state index contributed by atoms with van der Waals surface area (Å²) < 4.78 is 39.4. The summed E-state index contributed by atoms with van der Waals surface area (Å²) in [7, 11) is 0. The molecule has 0 bridgehead atoms. The van der Waals surface area contributed by atoms with E-state index >= 15 is 0 Å². The highest BCUT2D eigenvalue weighted by atomic mass is 16.7. The standard InChI is InChI=1S/C33H46O21/c1-9-19(38)23(42)26(45)31(50-9)48-7-16-20(39)24(43)27(46)32(52-16)49-8-17-21(40)25(44)28(47)33(53-17)54-30-22(41)18-14(37)5-11(34)6-15(18)51-29(30)10-2-3-12(35)13(36)4-10/h2-4,9,11,14-21,23-28,31-40,42-47H,5-8H2,1H3. The molecule has 5 aliphatic rings. The highest BCUT2D eigenvalue weighted by molar-refractivity contribution is 6.03. The number of carbonyl (C=O) groups excluding carboxylic acids is 1. The number of ketones is 1. The van der Waals surface area contributed by atoms with Gasteiger partial charge in [-0.3, -0.25) is 4.79 Å². The zero-order chi connectivity index (χ0) is 39.3. The lowest BCUT2D eigenvalue weighted by Crippen LogP contribution is -2.62. The number of hydrogen-bond acceptors (Lipinski definition) is 21. The van der Waals surface area contributed by atoms with Gasteiger partial charge in [-0.1, -0.05) is 0 Å².